The first kappa shape index (κ1) is 59.3. The maximum absolute atomic E-state index is 11.5. The summed E-state index contributed by atoms with van der Waals surface area (Å²) in [6.45, 7) is 6.61. The highest BCUT2D eigenvalue weighted by molar-refractivity contribution is 5.67. The van der Waals surface area contributed by atoms with E-state index >= 15 is 0 Å². The van der Waals surface area contributed by atoms with Gasteiger partial charge in [-0.25, -0.2) is 4.79 Å². The molecule has 0 bridgehead atoms. The number of nitrogens with zero attached hydrogens (tertiary/aromatic N) is 1. The second kappa shape index (κ2) is 76.6. The number of carbonyl (C=O) groups excluding carboxylic acids is 1. The monoisotopic (exact) mass is 602 g/mol. The number of methoxy groups -OCH3 is 1. The van der Waals surface area contributed by atoms with E-state index < -0.39 is 0 Å². The minimum absolute atomic E-state index is 0. The molecular formula is C16H27F17N2O2. The van der Waals surface area contributed by atoms with E-state index in [1.165, 1.54) is 18.4 Å². The summed E-state index contributed by atoms with van der Waals surface area (Å²) in [6.07, 6.45) is 2.74. The molecule has 232 valence electrons. The van der Waals surface area contributed by atoms with Crippen LogP contribution in [0, 0.1) is 6.92 Å². The van der Waals surface area contributed by atoms with Crippen LogP contribution in [0.5, 0.6) is 0 Å². The van der Waals surface area contributed by atoms with Crippen LogP contribution >= 0.6 is 0 Å². The summed E-state index contributed by atoms with van der Waals surface area (Å²) in [5.41, 5.74) is 2.44. The third-order valence-electron chi connectivity index (χ3n) is 3.24. The van der Waals surface area contributed by atoms with Crippen LogP contribution in [0.25, 0.3) is 0 Å². The lowest BCUT2D eigenvalue weighted by Gasteiger charge is -2.20. The van der Waals surface area contributed by atoms with Crippen molar-refractivity contribution in [2.24, 2.45) is 0 Å². The van der Waals surface area contributed by atoms with E-state index in [0.717, 1.165) is 38.9 Å². The van der Waals surface area contributed by atoms with E-state index in [-0.39, 0.29) is 10.8 Å². The fourth-order valence-electron chi connectivity index (χ4n) is 2.12. The van der Waals surface area contributed by atoms with Crippen molar-refractivity contribution in [2.45, 2.75) is 33.1 Å². The molecule has 4 nitrogen and oxygen atoms in total. The first-order chi connectivity index (χ1) is 17.7. The number of hydrogen-bond acceptors (Lipinski definition) is 3. The SMILES string of the molecule is CCCN(CCCCNc1ccccc1C)C(=O)OC.F.FF.FF.FF.FF.FF.FF.FF.FF. The minimum Gasteiger partial charge on any atom is -0.453 e. The Labute approximate surface area is 200 Å². The molecule has 0 aliphatic heterocycles. The van der Waals surface area contributed by atoms with Crippen LogP contribution in [0.1, 0.15) is 31.7 Å². The van der Waals surface area contributed by atoms with E-state index in [1.54, 1.807) is 4.90 Å². The maximum atomic E-state index is 11.5. The van der Waals surface area contributed by atoms with Crippen LogP contribution in [-0.2, 0) is 4.74 Å². The number of rotatable bonds is 8. The summed E-state index contributed by atoms with van der Waals surface area (Å²) < 4.78 is 133. The number of carbonyl (C=O) groups is 1. The van der Waals surface area contributed by atoms with Gasteiger partial charge in [-0.3, -0.25) is 4.70 Å². The molecule has 0 aliphatic carbocycles. The van der Waals surface area contributed by atoms with Crippen molar-refractivity contribution in [2.75, 3.05) is 32.1 Å². The predicted molar refractivity (Wildman–Crippen MR) is 103 cm³/mol. The Bertz CT molecular complexity index is 444. The van der Waals surface area contributed by atoms with Crippen LogP contribution in [0.3, 0.4) is 0 Å². The highest BCUT2D eigenvalue weighted by Gasteiger charge is 2.11. The lowest BCUT2D eigenvalue weighted by Crippen LogP contribution is -2.32. The van der Waals surface area contributed by atoms with E-state index in [2.05, 4.69) is 31.3 Å². The molecule has 0 heterocycles. The van der Waals surface area contributed by atoms with Gasteiger partial charge >= 0.3 is 6.09 Å². The van der Waals surface area contributed by atoms with E-state index in [9.17, 15) is 4.79 Å². The van der Waals surface area contributed by atoms with Crippen molar-refractivity contribution < 1.29 is 87.4 Å². The molecule has 0 radical (unpaired) electrons. The largest absolute Gasteiger partial charge is 0.453 e. The average molecular weight is 602 g/mol. The first-order valence-corrected chi connectivity index (χ1v) is 8.45. The summed E-state index contributed by atoms with van der Waals surface area (Å²) in [5, 5.41) is 3.43. The number of hydrogen-bond donors (Lipinski definition) is 1. The van der Waals surface area contributed by atoms with Gasteiger partial charge in [0.2, 0.25) is 0 Å². The normalized spacial score (nSPS) is 6.78. The molecule has 0 fully saturated rings. The van der Waals surface area contributed by atoms with E-state index in [1.807, 2.05) is 12.1 Å². The summed E-state index contributed by atoms with van der Waals surface area (Å²) in [6, 6.07) is 8.27. The number of ether oxygens (including phenoxy) is 1. The molecule has 0 aliphatic rings. The number of unbranched alkanes of at least 4 members (excludes halogenated alkanes) is 1. The number of amides is 1. The molecule has 1 rings (SSSR count). The van der Waals surface area contributed by atoms with Crippen molar-refractivity contribution in [3.05, 3.63) is 29.8 Å². The zero-order chi connectivity index (χ0) is 30.8. The highest BCUT2D eigenvalue weighted by Crippen LogP contribution is 2.13. The van der Waals surface area contributed by atoms with Gasteiger partial charge in [0.25, 0.3) is 0 Å². The molecule has 0 atom stereocenters. The molecule has 1 aromatic carbocycles. The van der Waals surface area contributed by atoms with Crippen LogP contribution < -0.4 is 5.32 Å². The smallest absolute Gasteiger partial charge is 0.409 e. The second-order valence-corrected chi connectivity index (χ2v) is 4.91. The first-order valence-electron chi connectivity index (χ1n) is 8.45. The molecule has 1 N–H and O–H groups in total. The molecule has 1 aromatic rings. The molecular weight excluding hydrogens is 575 g/mol. The Kier molecular flexibility index (Phi) is 123. The molecule has 21 heteroatoms. The van der Waals surface area contributed by atoms with Gasteiger partial charge in [-0.1, -0.05) is 25.1 Å². The standard InChI is InChI=1S/C16H26N2O2.8F2.FH/c1-4-12-18(16(19)20-3)13-8-7-11-17-15-10-6-5-9-14(15)2;8*1-2;/h5-6,9-10,17H,4,7-8,11-13H2,1-3H3;;;;;;;;;1H. The van der Waals surface area contributed by atoms with Gasteiger partial charge in [0, 0.05) is 98.5 Å². The van der Waals surface area contributed by atoms with Gasteiger partial charge in [-0.05, 0) is 37.8 Å². The summed E-state index contributed by atoms with van der Waals surface area (Å²) in [7, 11) is 1.44. The van der Waals surface area contributed by atoms with E-state index in [4.69, 9.17) is 77.9 Å². The number of para-hydroxylation sites is 1. The highest BCUT2D eigenvalue weighted by atomic mass is 20.0. The molecule has 0 saturated heterocycles. The zero-order valence-electron chi connectivity index (χ0n) is 19.3. The van der Waals surface area contributed by atoms with Gasteiger partial charge in [-0.2, -0.15) is 0 Å². The number of benzene rings is 1. The Hall–Kier alpha value is -2.90. The fourth-order valence-corrected chi connectivity index (χ4v) is 2.12. The fraction of sp³-hybridized carbons (Fsp3) is 0.562. The summed E-state index contributed by atoms with van der Waals surface area (Å²) in [5.74, 6) is 0. The average Bonchev–Trinajstić information content (AvgIpc) is 3.01. The Morgan fingerprint density at radius 2 is 1.16 bits per heavy atom. The zero-order valence-corrected chi connectivity index (χ0v) is 19.3. The van der Waals surface area contributed by atoms with Gasteiger partial charge in [0.15, 0.2) is 0 Å². The van der Waals surface area contributed by atoms with E-state index in [0.29, 0.717) is 0 Å². The van der Waals surface area contributed by atoms with Gasteiger partial charge in [0.05, 0.1) is 7.11 Å². The molecule has 37 heavy (non-hydrogen) atoms. The van der Waals surface area contributed by atoms with Crippen molar-refractivity contribution in [3.8, 4) is 0 Å². The number of halogens is 17. The lowest BCUT2D eigenvalue weighted by molar-refractivity contribution is 0.108. The number of nitrogens with one attached hydrogen (secondary N) is 1. The number of anilines is 1. The molecule has 1 amide bonds. The summed E-state index contributed by atoms with van der Waals surface area (Å²) in [4.78, 5) is 13.3. The van der Waals surface area contributed by atoms with Gasteiger partial charge in [0.1, 0.15) is 0 Å². The van der Waals surface area contributed by atoms with Crippen molar-refractivity contribution in [1.82, 2.24) is 4.90 Å². The van der Waals surface area contributed by atoms with Gasteiger partial charge < -0.3 is 15.0 Å². The van der Waals surface area contributed by atoms with Crippen LogP contribution in [-0.4, -0.2) is 37.7 Å². The maximum Gasteiger partial charge on any atom is 0.409 e. The van der Waals surface area contributed by atoms with Crippen LogP contribution in [0.15, 0.2) is 24.3 Å². The van der Waals surface area contributed by atoms with Crippen molar-refractivity contribution in [3.63, 3.8) is 0 Å². The Balaban J connectivity index is -0.0000000562. The van der Waals surface area contributed by atoms with Crippen LogP contribution in [0.4, 0.5) is 88.4 Å². The van der Waals surface area contributed by atoms with Crippen LogP contribution in [0.2, 0.25) is 0 Å². The molecule has 0 saturated carbocycles. The van der Waals surface area contributed by atoms with Crippen molar-refractivity contribution >= 4 is 11.8 Å². The third kappa shape index (κ3) is 50.8. The molecule has 0 aromatic heterocycles. The predicted octanol–water partition coefficient (Wildman–Crippen LogP) is 10.5. The minimum atomic E-state index is -0.223. The van der Waals surface area contributed by atoms with Crippen molar-refractivity contribution in [1.29, 1.82) is 0 Å². The third-order valence-corrected chi connectivity index (χ3v) is 3.24. The topological polar surface area (TPSA) is 41.6 Å². The second-order valence-electron chi connectivity index (χ2n) is 4.91. The summed E-state index contributed by atoms with van der Waals surface area (Å²) >= 11 is 0. The quantitative estimate of drug-likeness (QED) is 0.238. The lowest BCUT2D eigenvalue weighted by atomic mass is 10.2. The number of aryl methyl sites for hydroxylation is 1. The van der Waals surface area contributed by atoms with Gasteiger partial charge in [-0.15, -0.1) is 0 Å². The molecule has 0 unspecified atom stereocenters. The molecule has 0 spiro atoms. The Morgan fingerprint density at radius 1 is 0.757 bits per heavy atom. The Morgan fingerprint density at radius 3 is 1.51 bits per heavy atom.